The van der Waals surface area contributed by atoms with E-state index >= 15 is 0 Å². The lowest BCUT2D eigenvalue weighted by atomic mass is 10.1. The summed E-state index contributed by atoms with van der Waals surface area (Å²) in [5.41, 5.74) is 1.87. The lowest BCUT2D eigenvalue weighted by Crippen LogP contribution is -2.23. The van der Waals surface area contributed by atoms with E-state index < -0.39 is 0 Å². The van der Waals surface area contributed by atoms with E-state index in [1.165, 1.54) is 11.3 Å². The summed E-state index contributed by atoms with van der Waals surface area (Å²) in [6.07, 6.45) is 0. The van der Waals surface area contributed by atoms with Crippen molar-refractivity contribution < 1.29 is 9.59 Å². The molecule has 0 spiro atoms. The van der Waals surface area contributed by atoms with Crippen LogP contribution in [0.2, 0.25) is 0 Å². The van der Waals surface area contributed by atoms with E-state index in [-0.39, 0.29) is 18.4 Å². The van der Waals surface area contributed by atoms with E-state index in [1.54, 1.807) is 25.2 Å². The van der Waals surface area contributed by atoms with Gasteiger partial charge in [-0.3, -0.25) is 9.59 Å². The highest BCUT2D eigenvalue weighted by molar-refractivity contribution is 7.13. The van der Waals surface area contributed by atoms with Crippen LogP contribution in [0.15, 0.2) is 24.3 Å². The topological polar surface area (TPSA) is 71.1 Å². The molecular formula is C17H17N3O2S. The highest BCUT2D eigenvalue weighted by Gasteiger charge is 2.12. The maximum Gasteiger partial charge on any atom is 0.264 e. The van der Waals surface area contributed by atoms with E-state index in [2.05, 4.69) is 27.5 Å². The van der Waals surface area contributed by atoms with Crippen LogP contribution in [0.25, 0.3) is 0 Å². The summed E-state index contributed by atoms with van der Waals surface area (Å²) in [6, 6.07) is 7.09. The second kappa shape index (κ2) is 7.56. The van der Waals surface area contributed by atoms with Gasteiger partial charge in [-0.15, -0.1) is 11.3 Å². The Bertz CT molecular complexity index is 800. The molecule has 0 aliphatic heterocycles. The summed E-state index contributed by atoms with van der Waals surface area (Å²) in [4.78, 5) is 28.6. The molecule has 1 aromatic heterocycles. The van der Waals surface area contributed by atoms with Crippen molar-refractivity contribution >= 4 is 23.2 Å². The summed E-state index contributed by atoms with van der Waals surface area (Å²) in [6.45, 7) is 3.88. The molecule has 1 aromatic carbocycles. The normalized spacial score (nSPS) is 9.70. The minimum Gasteiger partial charge on any atom is -0.355 e. The van der Waals surface area contributed by atoms with Gasteiger partial charge < -0.3 is 10.6 Å². The molecule has 1 heterocycles. The maximum absolute atomic E-state index is 12.0. The molecule has 0 saturated carbocycles. The molecule has 0 saturated heterocycles. The summed E-state index contributed by atoms with van der Waals surface area (Å²) in [7, 11) is 1.58. The van der Waals surface area contributed by atoms with Crippen molar-refractivity contribution in [2.75, 3.05) is 13.6 Å². The Morgan fingerprint density at radius 2 is 1.96 bits per heavy atom. The number of carbonyl (C=O) groups is 2. The molecule has 6 heteroatoms. The number of rotatable bonds is 3. The van der Waals surface area contributed by atoms with Crippen molar-refractivity contribution in [1.29, 1.82) is 0 Å². The molecule has 0 fully saturated rings. The van der Waals surface area contributed by atoms with Crippen LogP contribution in [-0.4, -0.2) is 30.4 Å². The molecule has 2 aromatic rings. The summed E-state index contributed by atoms with van der Waals surface area (Å²) in [5, 5.41) is 6.18. The maximum atomic E-state index is 12.0. The van der Waals surface area contributed by atoms with Crippen LogP contribution in [0.3, 0.4) is 0 Å². The summed E-state index contributed by atoms with van der Waals surface area (Å²) < 4.78 is 0. The minimum atomic E-state index is -0.185. The molecule has 5 nitrogen and oxygen atoms in total. The number of hydrogen-bond donors (Lipinski definition) is 2. The van der Waals surface area contributed by atoms with Crippen molar-refractivity contribution in [1.82, 2.24) is 15.6 Å². The number of benzene rings is 1. The highest BCUT2D eigenvalue weighted by atomic mass is 32.1. The van der Waals surface area contributed by atoms with E-state index in [1.807, 2.05) is 19.9 Å². The van der Waals surface area contributed by atoms with Crippen LogP contribution in [-0.2, 0) is 0 Å². The fourth-order valence-electron chi connectivity index (χ4n) is 2.01. The average Bonchev–Trinajstić information content (AvgIpc) is 2.89. The van der Waals surface area contributed by atoms with Crippen LogP contribution in [0.5, 0.6) is 0 Å². The molecule has 118 valence electrons. The first-order valence-electron chi connectivity index (χ1n) is 7.05. The zero-order chi connectivity index (χ0) is 16.8. The standard InChI is InChI=1S/C17H17N3O2S/c1-11-15(23-12(2)20-11)17(22)19-10-6-8-13-7-4-5-9-14(13)16(21)18-3/h4-5,7,9H,10H2,1-3H3,(H,18,21)(H,19,22). The molecule has 2 N–H and O–H groups in total. The van der Waals surface area contributed by atoms with Gasteiger partial charge in [-0.1, -0.05) is 24.0 Å². The molecular weight excluding hydrogens is 310 g/mol. The van der Waals surface area contributed by atoms with Crippen LogP contribution in [0.4, 0.5) is 0 Å². The number of aryl methyl sites for hydroxylation is 2. The van der Waals surface area contributed by atoms with Gasteiger partial charge in [0.05, 0.1) is 22.8 Å². The number of thiazole rings is 1. The van der Waals surface area contributed by atoms with Crippen LogP contribution >= 0.6 is 11.3 Å². The zero-order valence-electron chi connectivity index (χ0n) is 13.2. The van der Waals surface area contributed by atoms with Crippen LogP contribution < -0.4 is 10.6 Å². The monoisotopic (exact) mass is 327 g/mol. The second-order valence-electron chi connectivity index (χ2n) is 4.76. The first-order valence-corrected chi connectivity index (χ1v) is 7.86. The zero-order valence-corrected chi connectivity index (χ0v) is 14.0. The van der Waals surface area contributed by atoms with Crippen molar-refractivity contribution in [3.8, 4) is 11.8 Å². The third-order valence-electron chi connectivity index (χ3n) is 3.07. The Morgan fingerprint density at radius 3 is 2.61 bits per heavy atom. The van der Waals surface area contributed by atoms with Crippen LogP contribution in [0, 0.1) is 25.7 Å². The predicted molar refractivity (Wildman–Crippen MR) is 90.6 cm³/mol. The predicted octanol–water partition coefficient (Wildman–Crippen LogP) is 1.90. The van der Waals surface area contributed by atoms with Gasteiger partial charge in [-0.05, 0) is 26.0 Å². The molecule has 2 amide bonds. The second-order valence-corrected chi connectivity index (χ2v) is 5.96. The lowest BCUT2D eigenvalue weighted by Gasteiger charge is -2.02. The van der Waals surface area contributed by atoms with Crippen molar-refractivity contribution in [3.63, 3.8) is 0 Å². The molecule has 0 aliphatic rings. The Balaban J connectivity index is 2.03. The van der Waals surface area contributed by atoms with E-state index in [4.69, 9.17) is 0 Å². The Morgan fingerprint density at radius 1 is 1.22 bits per heavy atom. The summed E-state index contributed by atoms with van der Waals surface area (Å²) in [5.74, 6) is 5.42. The molecule has 0 atom stereocenters. The molecule has 23 heavy (non-hydrogen) atoms. The van der Waals surface area contributed by atoms with Gasteiger partial charge in [0.1, 0.15) is 4.88 Å². The van der Waals surface area contributed by atoms with E-state index in [0.29, 0.717) is 16.0 Å². The number of hydrogen-bond acceptors (Lipinski definition) is 4. The SMILES string of the molecule is CNC(=O)c1ccccc1C#CCNC(=O)c1sc(C)nc1C. The minimum absolute atomic E-state index is 0.179. The van der Waals surface area contributed by atoms with Gasteiger partial charge in [0.25, 0.3) is 11.8 Å². The van der Waals surface area contributed by atoms with Crippen molar-refractivity contribution in [2.24, 2.45) is 0 Å². The number of carbonyl (C=O) groups excluding carboxylic acids is 2. The fourth-order valence-corrected chi connectivity index (χ4v) is 2.85. The van der Waals surface area contributed by atoms with E-state index in [9.17, 15) is 9.59 Å². The van der Waals surface area contributed by atoms with Gasteiger partial charge in [0.15, 0.2) is 0 Å². The fraction of sp³-hybridized carbons (Fsp3) is 0.235. The smallest absolute Gasteiger partial charge is 0.264 e. The van der Waals surface area contributed by atoms with Crippen molar-refractivity contribution in [2.45, 2.75) is 13.8 Å². The first-order chi connectivity index (χ1) is 11.0. The number of nitrogens with zero attached hydrogens (tertiary/aromatic N) is 1. The Kier molecular flexibility index (Phi) is 5.50. The number of nitrogens with one attached hydrogen (secondary N) is 2. The first kappa shape index (κ1) is 16.7. The van der Waals surface area contributed by atoms with E-state index in [0.717, 1.165) is 10.7 Å². The number of amides is 2. The Labute approximate surface area is 139 Å². The molecule has 0 unspecified atom stereocenters. The van der Waals surface area contributed by atoms with Gasteiger partial charge in [0.2, 0.25) is 0 Å². The van der Waals surface area contributed by atoms with Gasteiger partial charge in [0, 0.05) is 12.6 Å². The highest BCUT2D eigenvalue weighted by Crippen LogP contribution is 2.16. The number of aromatic nitrogens is 1. The third kappa shape index (κ3) is 4.18. The molecule has 0 aliphatic carbocycles. The molecule has 0 bridgehead atoms. The Hall–Kier alpha value is -2.65. The van der Waals surface area contributed by atoms with Gasteiger partial charge in [-0.25, -0.2) is 4.98 Å². The van der Waals surface area contributed by atoms with Crippen LogP contribution in [0.1, 0.15) is 36.3 Å². The largest absolute Gasteiger partial charge is 0.355 e. The van der Waals surface area contributed by atoms with Gasteiger partial charge >= 0.3 is 0 Å². The molecule has 2 rings (SSSR count). The van der Waals surface area contributed by atoms with Gasteiger partial charge in [-0.2, -0.15) is 0 Å². The molecule has 0 radical (unpaired) electrons. The summed E-state index contributed by atoms with van der Waals surface area (Å²) >= 11 is 1.36. The average molecular weight is 327 g/mol. The quantitative estimate of drug-likeness (QED) is 0.846. The third-order valence-corrected chi connectivity index (χ3v) is 4.14. The van der Waals surface area contributed by atoms with Crippen molar-refractivity contribution in [3.05, 3.63) is 51.0 Å². The lowest BCUT2D eigenvalue weighted by molar-refractivity contribution is 0.0954.